The van der Waals surface area contributed by atoms with Gasteiger partial charge in [-0.3, -0.25) is 0 Å². The van der Waals surface area contributed by atoms with Crippen LogP contribution in [0.4, 0.5) is 0 Å². The second-order valence-electron chi connectivity index (χ2n) is 3.20. The van der Waals surface area contributed by atoms with Crippen molar-refractivity contribution >= 4 is 12.6 Å². The van der Waals surface area contributed by atoms with Crippen LogP contribution in [0.15, 0.2) is 42.6 Å². The molecule has 0 aliphatic rings. The zero-order chi connectivity index (χ0) is 10.5. The van der Waals surface area contributed by atoms with Gasteiger partial charge >= 0.3 is 0 Å². The normalized spacial score (nSPS) is 10.2. The molecule has 0 amide bonds. The summed E-state index contributed by atoms with van der Waals surface area (Å²) >= 11 is 4.17. The van der Waals surface area contributed by atoms with Crippen molar-refractivity contribution in [2.24, 2.45) is 0 Å². The summed E-state index contributed by atoms with van der Waals surface area (Å²) < 4.78 is 0. The van der Waals surface area contributed by atoms with Gasteiger partial charge in [0.2, 0.25) is 0 Å². The first kappa shape index (κ1) is 10.2. The molecule has 3 heteroatoms. The summed E-state index contributed by atoms with van der Waals surface area (Å²) in [6.45, 7) is 0. The van der Waals surface area contributed by atoms with Crippen molar-refractivity contribution in [1.82, 2.24) is 9.97 Å². The van der Waals surface area contributed by atoms with E-state index in [9.17, 15) is 0 Å². The molecule has 0 bridgehead atoms. The molecule has 15 heavy (non-hydrogen) atoms. The Morgan fingerprint density at radius 2 is 1.87 bits per heavy atom. The molecule has 1 heterocycles. The molecule has 0 aliphatic heterocycles. The first-order valence-electron chi connectivity index (χ1n) is 4.88. The summed E-state index contributed by atoms with van der Waals surface area (Å²) in [5, 5.41) is 0. The van der Waals surface area contributed by atoms with E-state index in [1.165, 1.54) is 0 Å². The Balaban J connectivity index is 2.33. The number of rotatable bonds is 3. The summed E-state index contributed by atoms with van der Waals surface area (Å²) in [4.78, 5) is 8.67. The standard InChI is InChI=1S/C12H12N2S/c15-9-7-12-13-8-6-11(14-12)10-4-2-1-3-5-10/h1-6,8,15H,7,9H2. The van der Waals surface area contributed by atoms with Gasteiger partial charge in [-0.1, -0.05) is 30.3 Å². The van der Waals surface area contributed by atoms with E-state index in [1.807, 2.05) is 36.4 Å². The largest absolute Gasteiger partial charge is 0.241 e. The van der Waals surface area contributed by atoms with Crippen LogP contribution in [0, 0.1) is 0 Å². The Labute approximate surface area is 94.8 Å². The van der Waals surface area contributed by atoms with E-state index in [0.717, 1.165) is 29.3 Å². The highest BCUT2D eigenvalue weighted by Crippen LogP contribution is 2.15. The molecule has 0 fully saturated rings. The number of aromatic nitrogens is 2. The van der Waals surface area contributed by atoms with Crippen molar-refractivity contribution in [3.63, 3.8) is 0 Å². The third-order valence-corrected chi connectivity index (χ3v) is 2.33. The maximum absolute atomic E-state index is 4.47. The molecular weight excluding hydrogens is 204 g/mol. The monoisotopic (exact) mass is 216 g/mol. The molecule has 0 N–H and O–H groups in total. The lowest BCUT2D eigenvalue weighted by atomic mass is 10.1. The maximum Gasteiger partial charge on any atom is 0.129 e. The Bertz CT molecular complexity index is 429. The van der Waals surface area contributed by atoms with E-state index in [0.29, 0.717) is 0 Å². The number of aryl methyl sites for hydroxylation is 1. The van der Waals surface area contributed by atoms with Gasteiger partial charge in [-0.2, -0.15) is 12.6 Å². The molecule has 0 aliphatic carbocycles. The third kappa shape index (κ3) is 2.57. The Kier molecular flexibility index (Phi) is 3.35. The molecular formula is C12H12N2S. The van der Waals surface area contributed by atoms with Crippen molar-refractivity contribution in [2.75, 3.05) is 5.75 Å². The number of hydrogen-bond donors (Lipinski definition) is 1. The van der Waals surface area contributed by atoms with Crippen LogP contribution < -0.4 is 0 Å². The van der Waals surface area contributed by atoms with E-state index < -0.39 is 0 Å². The third-order valence-electron chi connectivity index (χ3n) is 2.11. The summed E-state index contributed by atoms with van der Waals surface area (Å²) in [6, 6.07) is 12.0. The molecule has 1 aromatic heterocycles. The fraction of sp³-hybridized carbons (Fsp3) is 0.167. The molecule has 76 valence electrons. The van der Waals surface area contributed by atoms with E-state index in [4.69, 9.17) is 0 Å². The van der Waals surface area contributed by atoms with Crippen molar-refractivity contribution < 1.29 is 0 Å². The highest BCUT2D eigenvalue weighted by molar-refractivity contribution is 7.80. The molecule has 0 spiro atoms. The predicted octanol–water partition coefficient (Wildman–Crippen LogP) is 2.62. The van der Waals surface area contributed by atoms with E-state index in [-0.39, 0.29) is 0 Å². The summed E-state index contributed by atoms with van der Waals surface area (Å²) in [6.07, 6.45) is 2.61. The van der Waals surface area contributed by atoms with Crippen LogP contribution in [-0.4, -0.2) is 15.7 Å². The van der Waals surface area contributed by atoms with Crippen molar-refractivity contribution in [1.29, 1.82) is 0 Å². The van der Waals surface area contributed by atoms with Crippen LogP contribution in [0.25, 0.3) is 11.3 Å². The smallest absolute Gasteiger partial charge is 0.129 e. The number of hydrogen-bond acceptors (Lipinski definition) is 3. The van der Waals surface area contributed by atoms with Gasteiger partial charge in [-0.05, 0) is 11.8 Å². The van der Waals surface area contributed by atoms with Crippen LogP contribution in [0.2, 0.25) is 0 Å². The fourth-order valence-electron chi connectivity index (χ4n) is 1.39. The first-order chi connectivity index (χ1) is 7.40. The molecule has 0 radical (unpaired) electrons. The number of nitrogens with zero attached hydrogens (tertiary/aromatic N) is 2. The lowest BCUT2D eigenvalue weighted by Crippen LogP contribution is -1.96. The number of benzene rings is 1. The molecule has 0 unspecified atom stereocenters. The van der Waals surface area contributed by atoms with Gasteiger partial charge in [0.05, 0.1) is 5.69 Å². The zero-order valence-electron chi connectivity index (χ0n) is 8.30. The number of thiol groups is 1. The quantitative estimate of drug-likeness (QED) is 0.798. The van der Waals surface area contributed by atoms with Crippen LogP contribution in [0.1, 0.15) is 5.82 Å². The molecule has 0 saturated carbocycles. The Hall–Kier alpha value is -1.35. The van der Waals surface area contributed by atoms with E-state index in [2.05, 4.69) is 22.6 Å². The minimum atomic E-state index is 0.776. The van der Waals surface area contributed by atoms with Crippen LogP contribution in [0.5, 0.6) is 0 Å². The fourth-order valence-corrected chi connectivity index (χ4v) is 1.59. The molecule has 1 aromatic carbocycles. The van der Waals surface area contributed by atoms with Gasteiger partial charge in [0.25, 0.3) is 0 Å². The van der Waals surface area contributed by atoms with Crippen molar-refractivity contribution in [3.05, 3.63) is 48.4 Å². The predicted molar refractivity (Wildman–Crippen MR) is 65.0 cm³/mol. The minimum Gasteiger partial charge on any atom is -0.241 e. The van der Waals surface area contributed by atoms with E-state index >= 15 is 0 Å². The van der Waals surface area contributed by atoms with Crippen LogP contribution in [0.3, 0.4) is 0 Å². The molecule has 2 aromatic rings. The van der Waals surface area contributed by atoms with Gasteiger partial charge < -0.3 is 0 Å². The van der Waals surface area contributed by atoms with Crippen molar-refractivity contribution in [3.8, 4) is 11.3 Å². The molecule has 0 saturated heterocycles. The van der Waals surface area contributed by atoms with Gasteiger partial charge in [-0.25, -0.2) is 9.97 Å². The second kappa shape index (κ2) is 4.94. The minimum absolute atomic E-state index is 0.776. The lowest BCUT2D eigenvalue weighted by molar-refractivity contribution is 0.953. The highest BCUT2D eigenvalue weighted by Gasteiger charge is 2.00. The summed E-state index contributed by atoms with van der Waals surface area (Å²) in [5.41, 5.74) is 2.10. The lowest BCUT2D eigenvalue weighted by Gasteiger charge is -2.02. The Morgan fingerprint density at radius 3 is 2.60 bits per heavy atom. The average Bonchev–Trinajstić information content (AvgIpc) is 2.31. The summed E-state index contributed by atoms with van der Waals surface area (Å²) in [5.74, 6) is 1.63. The molecule has 0 atom stereocenters. The van der Waals surface area contributed by atoms with Crippen LogP contribution in [-0.2, 0) is 6.42 Å². The van der Waals surface area contributed by atoms with Gasteiger partial charge in [0.1, 0.15) is 5.82 Å². The Morgan fingerprint density at radius 1 is 1.07 bits per heavy atom. The first-order valence-corrected chi connectivity index (χ1v) is 5.51. The average molecular weight is 216 g/mol. The topological polar surface area (TPSA) is 25.8 Å². The summed E-state index contributed by atoms with van der Waals surface area (Å²) in [7, 11) is 0. The van der Waals surface area contributed by atoms with Gasteiger partial charge in [0.15, 0.2) is 0 Å². The second-order valence-corrected chi connectivity index (χ2v) is 3.64. The SMILES string of the molecule is SCCc1nccc(-c2ccccc2)n1. The molecule has 2 nitrogen and oxygen atoms in total. The van der Waals surface area contributed by atoms with Crippen molar-refractivity contribution in [2.45, 2.75) is 6.42 Å². The van der Waals surface area contributed by atoms with Crippen LogP contribution >= 0.6 is 12.6 Å². The van der Waals surface area contributed by atoms with Gasteiger partial charge in [0, 0.05) is 18.2 Å². The highest BCUT2D eigenvalue weighted by atomic mass is 32.1. The van der Waals surface area contributed by atoms with Gasteiger partial charge in [-0.15, -0.1) is 0 Å². The maximum atomic E-state index is 4.47. The molecule has 2 rings (SSSR count). The zero-order valence-corrected chi connectivity index (χ0v) is 9.19. The van der Waals surface area contributed by atoms with E-state index in [1.54, 1.807) is 6.20 Å².